The van der Waals surface area contributed by atoms with Gasteiger partial charge in [-0.2, -0.15) is 0 Å². The molecule has 0 atom stereocenters. The van der Waals surface area contributed by atoms with Gasteiger partial charge in [0.15, 0.2) is 17.5 Å². The Morgan fingerprint density at radius 2 is 1.80 bits per heavy atom. The molecular weight excluding hydrogens is 192 g/mol. The minimum Gasteiger partial charge on any atom is -0.381 e. The first-order valence-corrected chi connectivity index (χ1v) is 4.35. The van der Waals surface area contributed by atoms with Gasteiger partial charge >= 0.3 is 0 Å². The molecule has 15 heavy (non-hydrogen) atoms. The molecule has 6 nitrogen and oxygen atoms in total. The maximum atomic E-state index is 5.70. The second-order valence-electron chi connectivity index (χ2n) is 2.89. The Bertz CT molecular complexity index is 443. The molecule has 0 bridgehead atoms. The third kappa shape index (κ3) is 1.83. The van der Waals surface area contributed by atoms with Crippen LogP contribution in [0.2, 0.25) is 0 Å². The van der Waals surface area contributed by atoms with Crippen molar-refractivity contribution >= 4 is 17.5 Å². The molecule has 0 aromatic carbocycles. The molecule has 2 rings (SSSR count). The molecule has 0 fully saturated rings. The molecule has 2 heterocycles. The summed E-state index contributed by atoms with van der Waals surface area (Å²) < 4.78 is 0. The van der Waals surface area contributed by atoms with E-state index >= 15 is 0 Å². The topological polar surface area (TPSA) is 80.8 Å². The van der Waals surface area contributed by atoms with Gasteiger partial charge < -0.3 is 10.6 Å². The van der Waals surface area contributed by atoms with Crippen LogP contribution in [0, 0.1) is 0 Å². The van der Waals surface area contributed by atoms with Crippen LogP contribution < -0.4 is 10.6 Å². The summed E-state index contributed by atoms with van der Waals surface area (Å²) in [6.07, 6.45) is 7.98. The fourth-order valence-electron chi connectivity index (χ4n) is 1.17. The van der Waals surface area contributed by atoms with Gasteiger partial charge in [0.1, 0.15) is 0 Å². The van der Waals surface area contributed by atoms with Crippen molar-refractivity contribution in [1.29, 1.82) is 0 Å². The van der Waals surface area contributed by atoms with Crippen LogP contribution in [0.5, 0.6) is 0 Å². The van der Waals surface area contributed by atoms with Crippen LogP contribution in [-0.4, -0.2) is 27.0 Å². The largest absolute Gasteiger partial charge is 0.381 e. The molecule has 0 spiro atoms. The molecular formula is C9H10N6. The van der Waals surface area contributed by atoms with Crippen molar-refractivity contribution in [3.8, 4) is 0 Å². The van der Waals surface area contributed by atoms with Crippen molar-refractivity contribution in [2.24, 2.45) is 0 Å². The first-order valence-electron chi connectivity index (χ1n) is 4.35. The van der Waals surface area contributed by atoms with E-state index in [9.17, 15) is 0 Å². The van der Waals surface area contributed by atoms with Gasteiger partial charge in [0.25, 0.3) is 0 Å². The standard InChI is InChI=1S/C9H10N6/c1-15(7-6-11-2-3-12-7)9-8(10)13-4-5-14-9/h2-6H,1H3,(H2,10,13). The van der Waals surface area contributed by atoms with E-state index in [1.165, 1.54) is 0 Å². The van der Waals surface area contributed by atoms with E-state index in [0.717, 1.165) is 0 Å². The highest BCUT2D eigenvalue weighted by Crippen LogP contribution is 2.21. The molecule has 0 aliphatic rings. The zero-order valence-corrected chi connectivity index (χ0v) is 8.20. The lowest BCUT2D eigenvalue weighted by molar-refractivity contribution is 1.04. The maximum Gasteiger partial charge on any atom is 0.176 e. The lowest BCUT2D eigenvalue weighted by Gasteiger charge is -2.16. The lowest BCUT2D eigenvalue weighted by Crippen LogP contribution is -2.15. The first-order chi connectivity index (χ1) is 7.29. The van der Waals surface area contributed by atoms with Crippen LogP contribution >= 0.6 is 0 Å². The van der Waals surface area contributed by atoms with Gasteiger partial charge in [0.05, 0.1) is 6.20 Å². The van der Waals surface area contributed by atoms with Crippen molar-refractivity contribution in [3.05, 3.63) is 31.0 Å². The van der Waals surface area contributed by atoms with E-state index in [1.54, 1.807) is 35.9 Å². The summed E-state index contributed by atoms with van der Waals surface area (Å²) in [5, 5.41) is 0. The zero-order valence-electron chi connectivity index (χ0n) is 8.20. The predicted molar refractivity (Wildman–Crippen MR) is 56.5 cm³/mol. The number of nitrogens with zero attached hydrogens (tertiary/aromatic N) is 5. The van der Waals surface area contributed by atoms with Crippen molar-refractivity contribution in [2.45, 2.75) is 0 Å². The smallest absolute Gasteiger partial charge is 0.176 e. The van der Waals surface area contributed by atoms with Gasteiger partial charge in [-0.1, -0.05) is 0 Å². The van der Waals surface area contributed by atoms with Crippen molar-refractivity contribution < 1.29 is 0 Å². The summed E-state index contributed by atoms with van der Waals surface area (Å²) in [6, 6.07) is 0. The minimum atomic E-state index is 0.366. The molecule has 76 valence electrons. The molecule has 2 aromatic heterocycles. The summed E-state index contributed by atoms with van der Waals surface area (Å²) >= 11 is 0. The highest BCUT2D eigenvalue weighted by Gasteiger charge is 2.09. The third-order valence-corrected chi connectivity index (χ3v) is 1.92. The van der Waals surface area contributed by atoms with Crippen LogP contribution in [-0.2, 0) is 0 Å². The first kappa shape index (κ1) is 9.32. The fourth-order valence-corrected chi connectivity index (χ4v) is 1.17. The Balaban J connectivity index is 2.37. The van der Waals surface area contributed by atoms with E-state index in [-0.39, 0.29) is 0 Å². The van der Waals surface area contributed by atoms with E-state index in [4.69, 9.17) is 5.73 Å². The van der Waals surface area contributed by atoms with Crippen LogP contribution in [0.1, 0.15) is 0 Å². The number of anilines is 3. The molecule has 0 aliphatic carbocycles. The Hall–Kier alpha value is -2.24. The molecule has 2 N–H and O–H groups in total. The highest BCUT2D eigenvalue weighted by molar-refractivity contribution is 5.64. The summed E-state index contributed by atoms with van der Waals surface area (Å²) in [6.45, 7) is 0. The van der Waals surface area contributed by atoms with Gasteiger partial charge in [-0.3, -0.25) is 4.98 Å². The minimum absolute atomic E-state index is 0.366. The number of hydrogen-bond donors (Lipinski definition) is 1. The predicted octanol–water partition coefficient (Wildman–Crippen LogP) is 0.617. The Morgan fingerprint density at radius 1 is 1.07 bits per heavy atom. The number of nitrogen functional groups attached to an aromatic ring is 1. The Morgan fingerprint density at radius 3 is 2.47 bits per heavy atom. The molecule has 0 saturated heterocycles. The second-order valence-corrected chi connectivity index (χ2v) is 2.89. The summed E-state index contributed by atoms with van der Waals surface area (Å²) in [4.78, 5) is 17.9. The third-order valence-electron chi connectivity index (χ3n) is 1.92. The number of rotatable bonds is 2. The fraction of sp³-hybridized carbons (Fsp3) is 0.111. The molecule has 0 unspecified atom stereocenters. The van der Waals surface area contributed by atoms with Crippen molar-refractivity contribution in [1.82, 2.24) is 19.9 Å². The number of hydrogen-bond acceptors (Lipinski definition) is 6. The number of nitrogens with two attached hydrogens (primary N) is 1. The van der Waals surface area contributed by atoms with Gasteiger partial charge in [-0.25, -0.2) is 15.0 Å². The molecule has 0 saturated carbocycles. The molecule has 0 radical (unpaired) electrons. The van der Waals surface area contributed by atoms with Crippen LogP contribution in [0.25, 0.3) is 0 Å². The van der Waals surface area contributed by atoms with E-state index < -0.39 is 0 Å². The summed E-state index contributed by atoms with van der Waals surface area (Å²) in [7, 11) is 1.81. The second kappa shape index (κ2) is 3.87. The monoisotopic (exact) mass is 202 g/mol. The van der Waals surface area contributed by atoms with Crippen LogP contribution in [0.15, 0.2) is 31.0 Å². The molecule has 0 amide bonds. The number of aromatic nitrogens is 4. The zero-order chi connectivity index (χ0) is 10.7. The van der Waals surface area contributed by atoms with Gasteiger partial charge in [0.2, 0.25) is 0 Å². The summed E-state index contributed by atoms with van der Waals surface area (Å²) in [5.74, 6) is 1.60. The van der Waals surface area contributed by atoms with Crippen molar-refractivity contribution in [3.63, 3.8) is 0 Å². The van der Waals surface area contributed by atoms with Crippen molar-refractivity contribution in [2.75, 3.05) is 17.7 Å². The Kier molecular flexibility index (Phi) is 2.40. The van der Waals surface area contributed by atoms with E-state index in [1.807, 2.05) is 7.05 Å². The quantitative estimate of drug-likeness (QED) is 0.768. The highest BCUT2D eigenvalue weighted by atomic mass is 15.2. The average Bonchev–Trinajstić information content (AvgIpc) is 2.30. The normalized spacial score (nSPS) is 9.93. The SMILES string of the molecule is CN(c1cnccn1)c1nccnc1N. The molecule has 6 heteroatoms. The maximum absolute atomic E-state index is 5.70. The lowest BCUT2D eigenvalue weighted by atomic mass is 10.5. The van der Waals surface area contributed by atoms with Gasteiger partial charge in [0, 0.05) is 31.8 Å². The Labute approximate surface area is 86.8 Å². The van der Waals surface area contributed by atoms with Gasteiger partial charge in [-0.05, 0) is 0 Å². The van der Waals surface area contributed by atoms with Gasteiger partial charge in [-0.15, -0.1) is 0 Å². The summed E-state index contributed by atoms with van der Waals surface area (Å²) in [5.41, 5.74) is 5.70. The molecule has 2 aromatic rings. The average molecular weight is 202 g/mol. The van der Waals surface area contributed by atoms with Crippen LogP contribution in [0.4, 0.5) is 17.5 Å². The van der Waals surface area contributed by atoms with E-state index in [0.29, 0.717) is 17.5 Å². The van der Waals surface area contributed by atoms with E-state index in [2.05, 4.69) is 19.9 Å². The van der Waals surface area contributed by atoms with Crippen LogP contribution in [0.3, 0.4) is 0 Å². The molecule has 0 aliphatic heterocycles.